The molecule has 46 heteroatoms. The second-order valence-corrected chi connectivity index (χ2v) is 17.7. The van der Waals surface area contributed by atoms with E-state index in [9.17, 15) is 171 Å². The van der Waals surface area contributed by atoms with Crippen molar-refractivity contribution in [1.82, 2.24) is 8.61 Å². The highest BCUT2D eigenvalue weighted by atomic mass is 32.2. The van der Waals surface area contributed by atoms with Gasteiger partial charge in [0.25, 0.3) is 20.0 Å². The standard InChI is InChI=1S/C24H18F34N2O7PS2/c1-3-59(69(62,63)23(55,56)19(45,46)15(37,38)11(29,30)9(25,26)13(33,34)17(41,42)21(49,50)51)5-7-66-68(61)67-8-6-60(4-2)70(64,65)24(57,58)20(47,48)16(39,40)12(31,32)10(27,28)14(35,36)18(43,44)22(52,53)54/h3-8H2,1-2H3/q+1. The number of hydrogen-bond donors (Lipinski definition) is 0. The molecule has 0 rings (SSSR count). The molecule has 0 N–H and O–H groups in total. The molecule has 0 spiro atoms. The summed E-state index contributed by atoms with van der Waals surface area (Å²) < 4.78 is 527. The third-order valence-corrected chi connectivity index (χ3v) is 13.3. The van der Waals surface area contributed by atoms with Crippen LogP contribution in [0.2, 0.25) is 0 Å². The minimum absolute atomic E-state index is 0.145. The van der Waals surface area contributed by atoms with E-state index in [1.807, 2.05) is 0 Å². The third-order valence-electron chi connectivity index (χ3n) is 8.49. The molecule has 0 fully saturated rings. The zero-order valence-electron chi connectivity index (χ0n) is 32.1. The van der Waals surface area contributed by atoms with Crippen molar-refractivity contribution in [2.24, 2.45) is 0 Å². The smallest absolute Gasteiger partial charge is 0.206 e. The van der Waals surface area contributed by atoms with Crippen LogP contribution in [0.25, 0.3) is 0 Å². The molecule has 70 heavy (non-hydrogen) atoms. The molecule has 0 bridgehead atoms. The van der Waals surface area contributed by atoms with E-state index in [-0.39, 0.29) is 13.8 Å². The van der Waals surface area contributed by atoms with E-state index in [0.29, 0.717) is 0 Å². The summed E-state index contributed by atoms with van der Waals surface area (Å²) >= 11 is 0. The first-order chi connectivity index (χ1) is 30.0. The Labute approximate surface area is 364 Å². The maximum absolute atomic E-state index is 14.5. The molecular formula is C24H18F34N2O7PS2+. The van der Waals surface area contributed by atoms with Gasteiger partial charge < -0.3 is 0 Å². The molecular weight excluding hydrogens is 1170 g/mol. The van der Waals surface area contributed by atoms with E-state index < -0.39 is 170 Å². The van der Waals surface area contributed by atoms with Crippen LogP contribution in [0.15, 0.2) is 0 Å². The molecule has 0 aliphatic carbocycles. The molecule has 0 aliphatic heterocycles. The summed E-state index contributed by atoms with van der Waals surface area (Å²) in [6, 6.07) is 0. The van der Waals surface area contributed by atoms with E-state index in [0.717, 1.165) is 0 Å². The van der Waals surface area contributed by atoms with Crippen LogP contribution in [0, 0.1) is 0 Å². The van der Waals surface area contributed by atoms with E-state index in [2.05, 4.69) is 9.05 Å². The van der Waals surface area contributed by atoms with Gasteiger partial charge in [0.15, 0.2) is 0 Å². The van der Waals surface area contributed by atoms with Gasteiger partial charge in [0.1, 0.15) is 13.2 Å². The van der Waals surface area contributed by atoms with Crippen LogP contribution in [-0.2, 0) is 33.7 Å². The second kappa shape index (κ2) is 19.0. The quantitative estimate of drug-likeness (QED) is 0.0627. The Hall–Kier alpha value is -2.54. The number of rotatable bonds is 26. The molecule has 0 aromatic carbocycles. The summed E-state index contributed by atoms with van der Waals surface area (Å²) in [5.41, 5.74) is 0. The van der Waals surface area contributed by atoms with Crippen molar-refractivity contribution in [3.63, 3.8) is 0 Å². The maximum Gasteiger partial charge on any atom is 0.697 e. The minimum atomic E-state index is -9.23. The van der Waals surface area contributed by atoms with Gasteiger partial charge in [-0.25, -0.2) is 16.8 Å². The molecule has 0 atom stereocenters. The van der Waals surface area contributed by atoms with Gasteiger partial charge in [0, 0.05) is 30.7 Å². The van der Waals surface area contributed by atoms with Crippen molar-refractivity contribution < 1.29 is 180 Å². The average molecular weight is 1190 g/mol. The van der Waals surface area contributed by atoms with Gasteiger partial charge in [-0.2, -0.15) is 158 Å². The van der Waals surface area contributed by atoms with Crippen LogP contribution in [-0.4, -0.2) is 159 Å². The highest BCUT2D eigenvalue weighted by Crippen LogP contribution is 2.66. The maximum atomic E-state index is 14.5. The van der Waals surface area contributed by atoms with Crippen LogP contribution in [0.3, 0.4) is 0 Å². The molecule has 0 saturated carbocycles. The van der Waals surface area contributed by atoms with Crippen molar-refractivity contribution in [2.45, 2.75) is 108 Å². The number of alkyl halides is 34. The molecule has 9 nitrogen and oxygen atoms in total. The van der Waals surface area contributed by atoms with Gasteiger partial charge >= 0.3 is 102 Å². The van der Waals surface area contributed by atoms with Gasteiger partial charge in [-0.05, 0) is 0 Å². The van der Waals surface area contributed by atoms with E-state index in [4.69, 9.17) is 0 Å². The van der Waals surface area contributed by atoms with Crippen molar-refractivity contribution in [3.05, 3.63) is 0 Å². The summed E-state index contributed by atoms with van der Waals surface area (Å²) in [7, 11) is -20.4. The first-order valence-electron chi connectivity index (χ1n) is 16.2. The summed E-state index contributed by atoms with van der Waals surface area (Å²) in [6.07, 6.45) is -16.3. The van der Waals surface area contributed by atoms with Crippen molar-refractivity contribution in [3.8, 4) is 0 Å². The molecule has 420 valence electrons. The van der Waals surface area contributed by atoms with E-state index >= 15 is 0 Å². The zero-order chi connectivity index (χ0) is 57.4. The topological polar surface area (TPSA) is 110 Å². The van der Waals surface area contributed by atoms with Crippen LogP contribution >= 0.6 is 8.25 Å². The lowest BCUT2D eigenvalue weighted by molar-refractivity contribution is -0.458. The van der Waals surface area contributed by atoms with Gasteiger partial charge in [-0.3, -0.25) is 0 Å². The molecule has 0 aromatic heterocycles. The molecule has 0 unspecified atom stereocenters. The lowest BCUT2D eigenvalue weighted by Gasteiger charge is -2.43. The SMILES string of the molecule is CCN(CCO[P+](=O)OCCN(CC)S(=O)(=O)C(F)(F)C(F)(F)C(F)(F)C(F)(F)C(F)(F)C(F)(F)C(F)(F)C(F)(F)F)S(=O)(=O)C(F)(F)C(F)(F)C(F)(F)C(F)(F)C(F)(F)C(F)(F)C(F)(F)C(F)(F)F. The zero-order valence-corrected chi connectivity index (χ0v) is 34.6. The molecule has 0 heterocycles. The molecule has 0 radical (unpaired) electrons. The van der Waals surface area contributed by atoms with Gasteiger partial charge in [-0.15, -0.1) is 9.05 Å². The Kier molecular flexibility index (Phi) is 18.3. The summed E-state index contributed by atoms with van der Waals surface area (Å²) in [6.45, 7) is -12.2. The first kappa shape index (κ1) is 67.5. The molecule has 0 aromatic rings. The van der Waals surface area contributed by atoms with Crippen LogP contribution in [0.1, 0.15) is 13.8 Å². The number of halogens is 34. The van der Waals surface area contributed by atoms with Gasteiger partial charge in [-0.1, -0.05) is 13.8 Å². The fraction of sp³-hybridized carbons (Fsp3) is 1.00. The molecule has 0 aliphatic rings. The van der Waals surface area contributed by atoms with Crippen LogP contribution in [0.5, 0.6) is 0 Å². The Bertz CT molecular complexity index is 1950. The summed E-state index contributed by atoms with van der Waals surface area (Å²) in [5, 5.41) is -16.2. The highest BCUT2D eigenvalue weighted by molar-refractivity contribution is 7.90. The van der Waals surface area contributed by atoms with Crippen LogP contribution < -0.4 is 0 Å². The fourth-order valence-corrected chi connectivity index (χ4v) is 7.71. The average Bonchev–Trinajstić information content (AvgIpc) is 3.15. The predicted octanol–water partition coefficient (Wildman–Crippen LogP) is 10.9. The number of likely N-dealkylation sites (N-methyl/N-ethyl adjacent to an activating group) is 2. The summed E-state index contributed by atoms with van der Waals surface area (Å²) in [5.74, 6) is -108. The molecule has 0 amide bonds. The normalized spacial score (nSPS) is 16.4. The van der Waals surface area contributed by atoms with Crippen molar-refractivity contribution in [1.29, 1.82) is 0 Å². The lowest BCUT2D eigenvalue weighted by atomic mass is 9.91. The monoisotopic (exact) mass is 1190 g/mol. The Balaban J connectivity index is 6.49. The second-order valence-electron chi connectivity index (χ2n) is 12.8. The predicted molar refractivity (Wildman–Crippen MR) is 153 cm³/mol. The van der Waals surface area contributed by atoms with Crippen LogP contribution in [0.4, 0.5) is 149 Å². The fourth-order valence-electron chi connectivity index (χ4n) is 4.32. The third kappa shape index (κ3) is 9.47. The largest absolute Gasteiger partial charge is 0.697 e. The number of hydrogen-bond acceptors (Lipinski definition) is 7. The van der Waals surface area contributed by atoms with Crippen molar-refractivity contribution >= 4 is 28.3 Å². The van der Waals surface area contributed by atoms with Gasteiger partial charge in [0.05, 0.1) is 0 Å². The Morgan fingerprint density at radius 3 is 0.671 bits per heavy atom. The number of nitrogens with zero attached hydrogens (tertiary/aromatic N) is 2. The van der Waals surface area contributed by atoms with Crippen molar-refractivity contribution in [2.75, 3.05) is 39.4 Å². The Morgan fingerprint density at radius 2 is 0.500 bits per heavy atom. The van der Waals surface area contributed by atoms with E-state index in [1.54, 1.807) is 0 Å². The van der Waals surface area contributed by atoms with E-state index in [1.165, 1.54) is 0 Å². The summed E-state index contributed by atoms with van der Waals surface area (Å²) in [4.78, 5) is 0. The minimum Gasteiger partial charge on any atom is -0.206 e. The number of sulfonamides is 2. The Morgan fingerprint density at radius 1 is 0.329 bits per heavy atom. The highest BCUT2D eigenvalue weighted by Gasteiger charge is 2.98. The first-order valence-corrected chi connectivity index (χ1v) is 20.1. The lowest BCUT2D eigenvalue weighted by Crippen LogP contribution is -2.75. The van der Waals surface area contributed by atoms with Gasteiger partial charge in [0.2, 0.25) is 0 Å². The molecule has 0 saturated heterocycles.